The first-order chi connectivity index (χ1) is 9.54. The van der Waals surface area contributed by atoms with E-state index in [2.05, 4.69) is 19.8 Å². The number of hydrogen-bond donors (Lipinski definition) is 1. The highest BCUT2D eigenvalue weighted by Gasteiger charge is 2.24. The molecule has 1 N–H and O–H groups in total. The van der Waals surface area contributed by atoms with Crippen LogP contribution in [0.1, 0.15) is 39.0 Å². The van der Waals surface area contributed by atoms with Crippen LogP contribution in [0.25, 0.3) is 0 Å². The van der Waals surface area contributed by atoms with Gasteiger partial charge in [-0.25, -0.2) is 9.67 Å². The van der Waals surface area contributed by atoms with Crippen molar-refractivity contribution in [1.29, 1.82) is 0 Å². The second kappa shape index (κ2) is 4.97. The summed E-state index contributed by atoms with van der Waals surface area (Å²) in [5, 5.41) is 7.44. The molecule has 0 saturated carbocycles. The number of carbonyl (C=O) groups is 1. The van der Waals surface area contributed by atoms with E-state index in [9.17, 15) is 4.79 Å². The minimum Gasteiger partial charge on any atom is -0.347 e. The van der Waals surface area contributed by atoms with Gasteiger partial charge in [0.05, 0.1) is 17.8 Å². The molecular weight excluding hydrogens is 274 g/mol. The maximum Gasteiger partial charge on any atom is 0.254 e. The lowest BCUT2D eigenvalue weighted by Crippen LogP contribution is -2.41. The molecule has 3 rings (SSSR count). The highest BCUT2D eigenvalue weighted by molar-refractivity contribution is 7.06. The number of amides is 1. The van der Waals surface area contributed by atoms with E-state index in [0.717, 1.165) is 40.6 Å². The number of rotatable bonds is 2. The monoisotopic (exact) mass is 291 g/mol. The van der Waals surface area contributed by atoms with Crippen LogP contribution in [0.2, 0.25) is 0 Å². The van der Waals surface area contributed by atoms with Crippen LogP contribution in [0.5, 0.6) is 0 Å². The van der Waals surface area contributed by atoms with Crippen molar-refractivity contribution in [2.45, 2.75) is 46.2 Å². The van der Waals surface area contributed by atoms with E-state index in [1.165, 1.54) is 11.5 Å². The Morgan fingerprint density at radius 1 is 1.40 bits per heavy atom. The highest BCUT2D eigenvalue weighted by Crippen LogP contribution is 2.18. The Balaban J connectivity index is 1.72. The molecular formula is C13H17N5OS. The third-order valence-electron chi connectivity index (χ3n) is 3.56. The van der Waals surface area contributed by atoms with E-state index < -0.39 is 0 Å². The quantitative estimate of drug-likeness (QED) is 0.908. The fourth-order valence-corrected chi connectivity index (χ4v) is 3.31. The van der Waals surface area contributed by atoms with Gasteiger partial charge in [-0.1, -0.05) is 0 Å². The molecule has 20 heavy (non-hydrogen) atoms. The van der Waals surface area contributed by atoms with Crippen molar-refractivity contribution < 1.29 is 4.79 Å². The molecule has 1 amide bonds. The molecule has 1 aliphatic rings. The SMILES string of the molecule is Cc1nc2n(n1)CC(NC(=O)c1c(C)nsc1C)CC2. The van der Waals surface area contributed by atoms with Crippen molar-refractivity contribution >= 4 is 17.4 Å². The molecule has 0 aromatic carbocycles. The zero-order valence-electron chi connectivity index (χ0n) is 11.8. The second-order valence-electron chi connectivity index (χ2n) is 5.17. The molecule has 0 spiro atoms. The van der Waals surface area contributed by atoms with Crippen LogP contribution in [0.4, 0.5) is 0 Å². The van der Waals surface area contributed by atoms with Gasteiger partial charge in [0, 0.05) is 17.3 Å². The van der Waals surface area contributed by atoms with Gasteiger partial charge in [-0.2, -0.15) is 9.47 Å². The maximum atomic E-state index is 12.3. The molecule has 0 saturated heterocycles. The Labute approximate surface area is 121 Å². The lowest BCUT2D eigenvalue weighted by Gasteiger charge is -2.23. The van der Waals surface area contributed by atoms with E-state index in [0.29, 0.717) is 6.54 Å². The fraction of sp³-hybridized carbons (Fsp3) is 0.538. The molecule has 0 fully saturated rings. The van der Waals surface area contributed by atoms with Crippen molar-refractivity contribution in [2.24, 2.45) is 0 Å². The Hall–Kier alpha value is -1.76. The van der Waals surface area contributed by atoms with Gasteiger partial charge in [-0.05, 0) is 38.7 Å². The molecule has 106 valence electrons. The van der Waals surface area contributed by atoms with Gasteiger partial charge in [-0.3, -0.25) is 4.79 Å². The largest absolute Gasteiger partial charge is 0.347 e. The Bertz CT molecular complexity index is 640. The summed E-state index contributed by atoms with van der Waals surface area (Å²) in [6, 6.07) is 0.106. The van der Waals surface area contributed by atoms with Crippen LogP contribution in [0, 0.1) is 20.8 Å². The smallest absolute Gasteiger partial charge is 0.254 e. The molecule has 0 radical (unpaired) electrons. The van der Waals surface area contributed by atoms with Gasteiger partial charge in [0.15, 0.2) is 0 Å². The number of hydrogen-bond acceptors (Lipinski definition) is 5. The standard InChI is InChI=1S/C13H17N5OS/c1-7-12(8(2)20-17-7)13(19)15-10-4-5-11-14-9(3)16-18(11)6-10/h10H,4-6H2,1-3H3,(H,15,19). The predicted octanol–water partition coefficient (Wildman–Crippen LogP) is 1.40. The molecule has 2 aromatic rings. The van der Waals surface area contributed by atoms with Crippen LogP contribution in [-0.2, 0) is 13.0 Å². The van der Waals surface area contributed by atoms with Gasteiger partial charge in [0.1, 0.15) is 11.6 Å². The molecule has 1 unspecified atom stereocenters. The summed E-state index contributed by atoms with van der Waals surface area (Å²) < 4.78 is 6.12. The number of carbonyl (C=O) groups excluding carboxylic acids is 1. The van der Waals surface area contributed by atoms with Crippen molar-refractivity contribution in [3.8, 4) is 0 Å². The summed E-state index contributed by atoms with van der Waals surface area (Å²) in [6.07, 6.45) is 1.76. The molecule has 3 heterocycles. The Morgan fingerprint density at radius 3 is 2.90 bits per heavy atom. The lowest BCUT2D eigenvalue weighted by molar-refractivity contribution is 0.0925. The van der Waals surface area contributed by atoms with Crippen LogP contribution < -0.4 is 5.32 Å². The van der Waals surface area contributed by atoms with Gasteiger partial charge in [0.2, 0.25) is 0 Å². The molecule has 1 aliphatic heterocycles. The fourth-order valence-electron chi connectivity index (χ4n) is 2.62. The van der Waals surface area contributed by atoms with Crippen LogP contribution in [-0.4, -0.2) is 31.1 Å². The van der Waals surface area contributed by atoms with Gasteiger partial charge in [0.25, 0.3) is 5.91 Å². The maximum absolute atomic E-state index is 12.3. The average molecular weight is 291 g/mol. The Morgan fingerprint density at radius 2 is 2.20 bits per heavy atom. The highest BCUT2D eigenvalue weighted by atomic mass is 32.1. The van der Waals surface area contributed by atoms with Crippen LogP contribution in [0.15, 0.2) is 0 Å². The molecule has 1 atom stereocenters. The minimum atomic E-state index is -0.0287. The number of aromatic nitrogens is 4. The van der Waals surface area contributed by atoms with Gasteiger partial charge >= 0.3 is 0 Å². The number of nitrogens with one attached hydrogen (secondary N) is 1. The third-order valence-corrected chi connectivity index (χ3v) is 4.40. The van der Waals surface area contributed by atoms with E-state index in [1.807, 2.05) is 25.5 Å². The third kappa shape index (κ3) is 2.33. The zero-order valence-corrected chi connectivity index (χ0v) is 12.6. The van der Waals surface area contributed by atoms with Gasteiger partial charge in [-0.15, -0.1) is 0 Å². The summed E-state index contributed by atoms with van der Waals surface area (Å²) in [6.45, 7) is 6.39. The van der Waals surface area contributed by atoms with E-state index >= 15 is 0 Å². The normalized spacial score (nSPS) is 17.9. The summed E-state index contributed by atoms with van der Waals surface area (Å²) >= 11 is 1.37. The molecule has 2 aromatic heterocycles. The molecule has 0 bridgehead atoms. The van der Waals surface area contributed by atoms with Crippen molar-refractivity contribution in [3.05, 3.63) is 27.8 Å². The summed E-state index contributed by atoms with van der Waals surface area (Å²) in [7, 11) is 0. The van der Waals surface area contributed by atoms with Crippen molar-refractivity contribution in [1.82, 2.24) is 24.5 Å². The average Bonchev–Trinajstić information content (AvgIpc) is 2.91. The minimum absolute atomic E-state index is 0.0287. The molecule has 7 heteroatoms. The van der Waals surface area contributed by atoms with Crippen LogP contribution in [0.3, 0.4) is 0 Å². The van der Waals surface area contributed by atoms with Crippen molar-refractivity contribution in [2.75, 3.05) is 0 Å². The van der Waals surface area contributed by atoms with Gasteiger partial charge < -0.3 is 5.32 Å². The number of fused-ring (bicyclic) bond motifs is 1. The topological polar surface area (TPSA) is 72.7 Å². The summed E-state index contributed by atoms with van der Waals surface area (Å²) in [4.78, 5) is 17.7. The lowest BCUT2D eigenvalue weighted by atomic mass is 10.1. The first-order valence-corrected chi connectivity index (χ1v) is 7.46. The number of aryl methyl sites for hydroxylation is 4. The molecule has 6 nitrogen and oxygen atoms in total. The number of nitrogens with zero attached hydrogens (tertiary/aromatic N) is 4. The zero-order chi connectivity index (χ0) is 14.3. The van der Waals surface area contributed by atoms with Crippen molar-refractivity contribution in [3.63, 3.8) is 0 Å². The predicted molar refractivity (Wildman–Crippen MR) is 75.9 cm³/mol. The molecule has 0 aliphatic carbocycles. The second-order valence-corrected chi connectivity index (χ2v) is 6.14. The van der Waals surface area contributed by atoms with Crippen LogP contribution >= 0.6 is 11.5 Å². The summed E-state index contributed by atoms with van der Waals surface area (Å²) in [5.41, 5.74) is 1.52. The first-order valence-electron chi connectivity index (χ1n) is 6.68. The van der Waals surface area contributed by atoms with E-state index in [-0.39, 0.29) is 11.9 Å². The van der Waals surface area contributed by atoms with E-state index in [1.54, 1.807) is 0 Å². The van der Waals surface area contributed by atoms with E-state index in [4.69, 9.17) is 0 Å². The Kier molecular flexibility index (Phi) is 3.29. The summed E-state index contributed by atoms with van der Waals surface area (Å²) in [5.74, 6) is 1.78. The first kappa shape index (κ1) is 13.2.